The predicted octanol–water partition coefficient (Wildman–Crippen LogP) is 1.82. The summed E-state index contributed by atoms with van der Waals surface area (Å²) in [6.07, 6.45) is 3.63. The summed E-state index contributed by atoms with van der Waals surface area (Å²) >= 11 is 0. The summed E-state index contributed by atoms with van der Waals surface area (Å²) in [5, 5.41) is 3.57. The highest BCUT2D eigenvalue weighted by Gasteiger charge is 2.24. The van der Waals surface area contributed by atoms with E-state index in [0.29, 0.717) is 25.6 Å². The molecule has 0 bridgehead atoms. The molecule has 7 heteroatoms. The van der Waals surface area contributed by atoms with Crippen molar-refractivity contribution in [1.29, 1.82) is 0 Å². The van der Waals surface area contributed by atoms with Crippen LogP contribution in [0, 0.1) is 0 Å². The molecule has 3 aliphatic heterocycles. The van der Waals surface area contributed by atoms with Crippen molar-refractivity contribution in [3.8, 4) is 0 Å². The Balaban J connectivity index is 1.22. The molecule has 0 saturated carbocycles. The van der Waals surface area contributed by atoms with Gasteiger partial charge in [0.1, 0.15) is 6.61 Å². The molecule has 1 aromatic carbocycles. The third-order valence-corrected chi connectivity index (χ3v) is 5.75. The molecule has 3 fully saturated rings. The number of amides is 2. The van der Waals surface area contributed by atoms with Crippen molar-refractivity contribution in [3.63, 3.8) is 0 Å². The van der Waals surface area contributed by atoms with Crippen LogP contribution in [0.2, 0.25) is 0 Å². The lowest BCUT2D eigenvalue weighted by Gasteiger charge is -2.34. The zero-order valence-corrected chi connectivity index (χ0v) is 15.7. The molecule has 3 saturated heterocycles. The number of carbonyl (C=O) groups excluding carboxylic acids is 2. The van der Waals surface area contributed by atoms with Gasteiger partial charge in [-0.1, -0.05) is 0 Å². The molecule has 0 aliphatic carbocycles. The molecular formula is C20H28N4O3. The van der Waals surface area contributed by atoms with E-state index in [9.17, 15) is 9.59 Å². The number of piperidine rings is 1. The van der Waals surface area contributed by atoms with Gasteiger partial charge in [0.15, 0.2) is 0 Å². The molecule has 2 amide bonds. The molecule has 27 heavy (non-hydrogen) atoms. The Labute approximate surface area is 160 Å². The summed E-state index contributed by atoms with van der Waals surface area (Å²) in [5.74, 6) is 0.233. The smallest absolute Gasteiger partial charge is 0.409 e. The predicted molar refractivity (Wildman–Crippen MR) is 104 cm³/mol. The second-order valence-corrected chi connectivity index (χ2v) is 7.48. The molecule has 3 aliphatic rings. The standard InChI is InChI=1S/C20H28N4O3/c25-19-2-1-10-24(19)18-5-3-17(4-6-18)22-11-7-16(8-12-22)21-9-13-23-14-15-27-20(23)26/h3-6,16,21H,1-2,7-15H2. The SMILES string of the molecule is O=C1OCCN1CCNC1CCN(c2ccc(N3CCCC3=O)cc2)CC1. The largest absolute Gasteiger partial charge is 0.448 e. The van der Waals surface area contributed by atoms with Gasteiger partial charge >= 0.3 is 6.09 Å². The fourth-order valence-electron chi connectivity index (χ4n) is 4.14. The van der Waals surface area contributed by atoms with Crippen LogP contribution in [-0.4, -0.2) is 68.8 Å². The Morgan fingerprint density at radius 3 is 2.37 bits per heavy atom. The Hall–Kier alpha value is -2.28. The Morgan fingerprint density at radius 2 is 1.74 bits per heavy atom. The molecule has 4 rings (SSSR count). The van der Waals surface area contributed by atoms with E-state index in [-0.39, 0.29) is 12.0 Å². The van der Waals surface area contributed by atoms with Crippen molar-refractivity contribution in [1.82, 2.24) is 10.2 Å². The highest BCUT2D eigenvalue weighted by atomic mass is 16.6. The molecular weight excluding hydrogens is 344 g/mol. The number of nitrogens with one attached hydrogen (secondary N) is 1. The highest BCUT2D eigenvalue weighted by Crippen LogP contribution is 2.26. The second-order valence-electron chi connectivity index (χ2n) is 7.48. The van der Waals surface area contributed by atoms with Crippen LogP contribution in [0.4, 0.5) is 16.2 Å². The number of cyclic esters (lactones) is 1. The maximum atomic E-state index is 11.9. The molecule has 3 heterocycles. The van der Waals surface area contributed by atoms with Crippen molar-refractivity contribution in [2.24, 2.45) is 0 Å². The van der Waals surface area contributed by atoms with Crippen LogP contribution in [0.25, 0.3) is 0 Å². The number of benzene rings is 1. The Morgan fingerprint density at radius 1 is 1.00 bits per heavy atom. The first-order chi connectivity index (χ1) is 13.2. The minimum absolute atomic E-state index is 0.189. The normalized spacial score (nSPS) is 21.3. The average molecular weight is 372 g/mol. The summed E-state index contributed by atoms with van der Waals surface area (Å²) in [7, 11) is 0. The second kappa shape index (κ2) is 8.17. The molecule has 0 radical (unpaired) electrons. The van der Waals surface area contributed by atoms with Gasteiger partial charge in [-0.2, -0.15) is 0 Å². The zero-order valence-electron chi connectivity index (χ0n) is 15.7. The molecule has 7 nitrogen and oxygen atoms in total. The maximum absolute atomic E-state index is 11.9. The van der Waals surface area contributed by atoms with Gasteiger partial charge in [-0.05, 0) is 43.5 Å². The number of hydrogen-bond donors (Lipinski definition) is 1. The first kappa shape index (κ1) is 18.1. The number of anilines is 2. The van der Waals surface area contributed by atoms with Crippen LogP contribution >= 0.6 is 0 Å². The third kappa shape index (κ3) is 4.18. The first-order valence-electron chi connectivity index (χ1n) is 10.0. The molecule has 0 spiro atoms. The van der Waals surface area contributed by atoms with Crippen molar-refractivity contribution in [2.45, 2.75) is 31.7 Å². The van der Waals surface area contributed by atoms with Gasteiger partial charge in [0, 0.05) is 56.6 Å². The number of carbonyl (C=O) groups is 2. The fourth-order valence-corrected chi connectivity index (χ4v) is 4.14. The van der Waals surface area contributed by atoms with Gasteiger partial charge in [-0.25, -0.2) is 4.79 Å². The molecule has 0 unspecified atom stereocenters. The summed E-state index contributed by atoms with van der Waals surface area (Å²) in [6, 6.07) is 8.90. The molecule has 1 aromatic rings. The van der Waals surface area contributed by atoms with E-state index < -0.39 is 0 Å². The van der Waals surface area contributed by atoms with Crippen molar-refractivity contribution >= 4 is 23.4 Å². The number of nitrogens with zero attached hydrogens (tertiary/aromatic N) is 3. The van der Waals surface area contributed by atoms with E-state index >= 15 is 0 Å². The molecule has 0 aromatic heterocycles. The van der Waals surface area contributed by atoms with Gasteiger partial charge in [0.2, 0.25) is 5.91 Å². The van der Waals surface area contributed by atoms with Crippen molar-refractivity contribution in [2.75, 3.05) is 55.7 Å². The maximum Gasteiger partial charge on any atom is 0.409 e. The van der Waals surface area contributed by atoms with Crippen LogP contribution in [0.3, 0.4) is 0 Å². The fraction of sp³-hybridized carbons (Fsp3) is 0.600. The van der Waals surface area contributed by atoms with E-state index in [2.05, 4.69) is 34.5 Å². The van der Waals surface area contributed by atoms with E-state index in [1.165, 1.54) is 5.69 Å². The quantitative estimate of drug-likeness (QED) is 0.825. The minimum atomic E-state index is -0.189. The summed E-state index contributed by atoms with van der Waals surface area (Å²) in [4.78, 5) is 29.3. The van der Waals surface area contributed by atoms with Crippen LogP contribution in [0.5, 0.6) is 0 Å². The van der Waals surface area contributed by atoms with Gasteiger partial charge in [0.05, 0.1) is 6.54 Å². The molecule has 0 atom stereocenters. The lowest BCUT2D eigenvalue weighted by atomic mass is 10.0. The van der Waals surface area contributed by atoms with E-state index in [1.54, 1.807) is 4.90 Å². The lowest BCUT2D eigenvalue weighted by molar-refractivity contribution is -0.117. The Bertz CT molecular complexity index is 670. The zero-order chi connectivity index (χ0) is 18.6. The van der Waals surface area contributed by atoms with Crippen LogP contribution < -0.4 is 15.1 Å². The first-order valence-corrected chi connectivity index (χ1v) is 10.0. The molecule has 146 valence electrons. The van der Waals surface area contributed by atoms with E-state index in [1.807, 2.05) is 4.90 Å². The molecule has 1 N–H and O–H groups in total. The van der Waals surface area contributed by atoms with Gasteiger partial charge in [0.25, 0.3) is 0 Å². The van der Waals surface area contributed by atoms with E-state index in [0.717, 1.165) is 57.7 Å². The number of ether oxygens (including phenoxy) is 1. The topological polar surface area (TPSA) is 65.1 Å². The van der Waals surface area contributed by atoms with Crippen LogP contribution in [0.1, 0.15) is 25.7 Å². The van der Waals surface area contributed by atoms with Crippen LogP contribution in [0.15, 0.2) is 24.3 Å². The van der Waals surface area contributed by atoms with Gasteiger partial charge < -0.3 is 24.8 Å². The Kier molecular flexibility index (Phi) is 5.48. The van der Waals surface area contributed by atoms with Gasteiger partial charge in [-0.3, -0.25) is 4.79 Å². The lowest BCUT2D eigenvalue weighted by Crippen LogP contribution is -2.44. The van der Waals surface area contributed by atoms with Crippen LogP contribution in [-0.2, 0) is 9.53 Å². The van der Waals surface area contributed by atoms with Gasteiger partial charge in [-0.15, -0.1) is 0 Å². The number of rotatable bonds is 6. The summed E-state index contributed by atoms with van der Waals surface area (Å²) in [6.45, 7) is 5.63. The number of hydrogen-bond acceptors (Lipinski definition) is 5. The third-order valence-electron chi connectivity index (χ3n) is 5.75. The summed E-state index contributed by atoms with van der Waals surface area (Å²) < 4.78 is 4.95. The highest BCUT2D eigenvalue weighted by molar-refractivity contribution is 5.95. The van der Waals surface area contributed by atoms with Crippen molar-refractivity contribution in [3.05, 3.63) is 24.3 Å². The minimum Gasteiger partial charge on any atom is -0.448 e. The average Bonchev–Trinajstić information content (AvgIpc) is 3.31. The van der Waals surface area contributed by atoms with E-state index in [4.69, 9.17) is 4.74 Å². The monoisotopic (exact) mass is 372 g/mol. The van der Waals surface area contributed by atoms with Crippen molar-refractivity contribution < 1.29 is 14.3 Å². The summed E-state index contributed by atoms with van der Waals surface area (Å²) in [5.41, 5.74) is 2.24.